The van der Waals surface area contributed by atoms with E-state index in [1.54, 1.807) is 20.2 Å². The second kappa shape index (κ2) is 8.94. The lowest BCUT2D eigenvalue weighted by Gasteiger charge is -2.27. The number of allylic oxidation sites excluding steroid dienone is 3. The molecule has 0 radical (unpaired) electrons. The fourth-order valence-corrected chi connectivity index (χ4v) is 3.42. The van der Waals surface area contributed by atoms with E-state index >= 15 is 0 Å². The van der Waals surface area contributed by atoms with Gasteiger partial charge in [0.25, 0.3) is 16.4 Å². The van der Waals surface area contributed by atoms with Gasteiger partial charge in [0.15, 0.2) is 0 Å². The molecule has 0 bridgehead atoms. The predicted molar refractivity (Wildman–Crippen MR) is 118 cm³/mol. The predicted octanol–water partition coefficient (Wildman–Crippen LogP) is 1.60. The molecule has 1 heterocycles. The summed E-state index contributed by atoms with van der Waals surface area (Å²) in [4.78, 5) is 50.4. The van der Waals surface area contributed by atoms with Crippen LogP contribution in [0.4, 0.5) is 17.1 Å². The van der Waals surface area contributed by atoms with Crippen LogP contribution in [0.15, 0.2) is 57.0 Å². The van der Waals surface area contributed by atoms with E-state index in [2.05, 4.69) is 22.8 Å². The minimum Gasteiger partial charge on any atom is -0.377 e. The molecule has 1 amide bonds. The molecule has 0 spiro atoms. The van der Waals surface area contributed by atoms with E-state index in [1.165, 1.54) is 21.7 Å². The molecule has 3 rings (SSSR count). The summed E-state index contributed by atoms with van der Waals surface area (Å²) in [5.41, 5.74) is -1.28. The Hall–Kier alpha value is -3.42. The molecule has 0 saturated heterocycles. The number of pyridine rings is 1. The maximum atomic E-state index is 12.7. The first kappa shape index (κ1) is 21.3. The van der Waals surface area contributed by atoms with E-state index in [4.69, 9.17) is 0 Å². The second-order valence-electron chi connectivity index (χ2n) is 7.55. The van der Waals surface area contributed by atoms with Crippen molar-refractivity contribution in [3.63, 3.8) is 0 Å². The number of hydrogen-bond acceptors (Lipinski definition) is 6. The van der Waals surface area contributed by atoms with Gasteiger partial charge in [-0.25, -0.2) is 0 Å². The number of carbonyl (C=O) groups excluding carboxylic acids is 1. The number of rotatable bonds is 8. The van der Waals surface area contributed by atoms with Crippen molar-refractivity contribution in [3.8, 4) is 0 Å². The van der Waals surface area contributed by atoms with Gasteiger partial charge < -0.3 is 20.1 Å². The highest BCUT2D eigenvalue weighted by atomic mass is 16.2. The zero-order chi connectivity index (χ0) is 21.8. The molecule has 8 nitrogen and oxygen atoms in total. The quantitative estimate of drug-likeness (QED) is 0.641. The summed E-state index contributed by atoms with van der Waals surface area (Å²) in [5, 5.41) is 6.01. The van der Waals surface area contributed by atoms with Gasteiger partial charge in [0.1, 0.15) is 23.6 Å². The van der Waals surface area contributed by atoms with Crippen LogP contribution < -0.4 is 27.1 Å². The third-order valence-corrected chi connectivity index (χ3v) is 5.29. The number of nitrogens with one attached hydrogen (secondary N) is 2. The maximum absolute atomic E-state index is 12.7. The van der Waals surface area contributed by atoms with Gasteiger partial charge >= 0.3 is 0 Å². The smallest absolute Gasteiger partial charge is 0.274 e. The number of nitrogens with zero attached hydrogens (tertiary/aromatic N) is 2. The van der Waals surface area contributed by atoms with Gasteiger partial charge in [-0.15, -0.1) is 0 Å². The van der Waals surface area contributed by atoms with Crippen molar-refractivity contribution >= 4 is 23.0 Å². The van der Waals surface area contributed by atoms with Crippen LogP contribution in [-0.4, -0.2) is 35.5 Å². The molecule has 1 aliphatic carbocycles. The Balaban J connectivity index is 1.83. The van der Waals surface area contributed by atoms with E-state index in [0.29, 0.717) is 0 Å². The molecule has 0 saturated carbocycles. The Kier molecular flexibility index (Phi) is 6.34. The van der Waals surface area contributed by atoms with Gasteiger partial charge in [-0.2, -0.15) is 0 Å². The van der Waals surface area contributed by atoms with Crippen molar-refractivity contribution in [2.24, 2.45) is 5.92 Å². The third-order valence-electron chi connectivity index (χ3n) is 5.29. The van der Waals surface area contributed by atoms with Gasteiger partial charge in [-0.05, 0) is 25.0 Å². The topological polar surface area (TPSA) is 101 Å². The highest BCUT2D eigenvalue weighted by Gasteiger charge is 2.26. The van der Waals surface area contributed by atoms with Gasteiger partial charge in [0, 0.05) is 32.3 Å². The monoisotopic (exact) mass is 410 g/mol. The first-order valence-corrected chi connectivity index (χ1v) is 9.93. The molecule has 2 N–H and O–H groups in total. The van der Waals surface area contributed by atoms with Gasteiger partial charge in [0.2, 0.25) is 5.91 Å². The largest absolute Gasteiger partial charge is 0.377 e. The van der Waals surface area contributed by atoms with Gasteiger partial charge in [-0.3, -0.25) is 19.2 Å². The van der Waals surface area contributed by atoms with Crippen LogP contribution >= 0.6 is 0 Å². The van der Waals surface area contributed by atoms with Crippen molar-refractivity contribution < 1.29 is 4.79 Å². The third kappa shape index (κ3) is 4.27. The van der Waals surface area contributed by atoms with Crippen molar-refractivity contribution in [2.45, 2.75) is 32.4 Å². The Labute approximate surface area is 174 Å². The number of amides is 1. The summed E-state index contributed by atoms with van der Waals surface area (Å²) in [6, 6.07) is 3.12. The highest BCUT2D eigenvalue weighted by Crippen LogP contribution is 2.25. The molecule has 1 aromatic carbocycles. The molecule has 30 heavy (non-hydrogen) atoms. The zero-order valence-corrected chi connectivity index (χ0v) is 17.3. The standard InChI is InChI=1S/C22H26N4O4/c1-4-15(14-9-6-5-7-10-14)23-18-19(21(29)20(18)28)24-16-11-8-12-26(22(16)30)13-17(27)25(2)3/h5-9,11-12,14-15,23-24H,4,10,13H2,1-3H3/t14?,15-/m1/s1. The van der Waals surface area contributed by atoms with Crippen LogP contribution in [0.2, 0.25) is 0 Å². The molecule has 158 valence electrons. The van der Waals surface area contributed by atoms with Crippen LogP contribution in [0.5, 0.6) is 0 Å². The number of anilines is 3. The van der Waals surface area contributed by atoms with Crippen LogP contribution in [-0.2, 0) is 11.3 Å². The minimum atomic E-state index is -0.661. The molecule has 2 atom stereocenters. The van der Waals surface area contributed by atoms with Crippen LogP contribution in [0.3, 0.4) is 0 Å². The highest BCUT2D eigenvalue weighted by molar-refractivity contribution is 5.79. The average molecular weight is 410 g/mol. The molecule has 1 aliphatic rings. The minimum absolute atomic E-state index is 0.0137. The first-order valence-electron chi connectivity index (χ1n) is 9.93. The first-order chi connectivity index (χ1) is 14.3. The summed E-state index contributed by atoms with van der Waals surface area (Å²) < 4.78 is 1.26. The molecular weight excluding hydrogens is 384 g/mol. The Morgan fingerprint density at radius 1 is 1.20 bits per heavy atom. The normalized spacial score (nSPS) is 16.4. The molecule has 1 aromatic heterocycles. The summed E-state index contributed by atoms with van der Waals surface area (Å²) in [6.45, 7) is 1.90. The van der Waals surface area contributed by atoms with Crippen molar-refractivity contribution in [3.05, 3.63) is 73.4 Å². The zero-order valence-electron chi connectivity index (χ0n) is 17.3. The SMILES string of the molecule is CC[C@@H](Nc1c(Nc2cccn(CC(=O)N(C)C)c2=O)c(=O)c1=O)C1C=CC=CC1. The van der Waals surface area contributed by atoms with Gasteiger partial charge in [0.05, 0.1) is 0 Å². The van der Waals surface area contributed by atoms with Crippen LogP contribution in [0.25, 0.3) is 0 Å². The number of hydrogen-bond donors (Lipinski definition) is 2. The van der Waals surface area contributed by atoms with Crippen LogP contribution in [0, 0.1) is 5.92 Å². The Morgan fingerprint density at radius 2 is 1.93 bits per heavy atom. The second-order valence-corrected chi connectivity index (χ2v) is 7.55. The van der Waals surface area contributed by atoms with Crippen molar-refractivity contribution in [1.82, 2.24) is 9.47 Å². The Bertz CT molecular complexity index is 1120. The number of aromatic nitrogens is 1. The summed E-state index contributed by atoms with van der Waals surface area (Å²) in [7, 11) is 3.22. The van der Waals surface area contributed by atoms with Crippen LogP contribution in [0.1, 0.15) is 19.8 Å². The molecule has 2 aromatic rings. The van der Waals surface area contributed by atoms with E-state index in [9.17, 15) is 19.2 Å². The summed E-state index contributed by atoms with van der Waals surface area (Å²) >= 11 is 0. The van der Waals surface area contributed by atoms with E-state index < -0.39 is 16.4 Å². The Morgan fingerprint density at radius 3 is 2.57 bits per heavy atom. The van der Waals surface area contributed by atoms with E-state index in [1.807, 2.05) is 19.1 Å². The summed E-state index contributed by atoms with van der Waals surface area (Å²) in [5.74, 6) is -0.0191. The van der Waals surface area contributed by atoms with Crippen molar-refractivity contribution in [1.29, 1.82) is 0 Å². The lowest BCUT2D eigenvalue weighted by Crippen LogP contribution is -2.41. The molecule has 0 fully saturated rings. The van der Waals surface area contributed by atoms with Crippen molar-refractivity contribution in [2.75, 3.05) is 24.7 Å². The molecule has 1 unspecified atom stereocenters. The fourth-order valence-electron chi connectivity index (χ4n) is 3.42. The lowest BCUT2D eigenvalue weighted by molar-refractivity contribution is -0.129. The van der Waals surface area contributed by atoms with Gasteiger partial charge in [-0.1, -0.05) is 31.2 Å². The molecule has 8 heteroatoms. The lowest BCUT2D eigenvalue weighted by atomic mass is 9.90. The van der Waals surface area contributed by atoms with E-state index in [-0.39, 0.29) is 41.5 Å². The number of carbonyl (C=O) groups is 1. The summed E-state index contributed by atoms with van der Waals surface area (Å²) in [6.07, 6.45) is 11.2. The fraction of sp³-hybridized carbons (Fsp3) is 0.364. The maximum Gasteiger partial charge on any atom is 0.274 e. The average Bonchev–Trinajstić information content (AvgIpc) is 2.75. The van der Waals surface area contributed by atoms with E-state index in [0.717, 1.165) is 12.8 Å². The molecular formula is C22H26N4O4. The molecule has 0 aliphatic heterocycles. The number of likely N-dealkylation sites (N-methyl/N-ethyl adjacent to an activating group) is 1.